The van der Waals surface area contributed by atoms with Gasteiger partial charge >= 0.3 is 0 Å². The molecule has 2 aromatic rings. The molecule has 3 rings (SSSR count). The van der Waals surface area contributed by atoms with Gasteiger partial charge in [0.15, 0.2) is 5.65 Å². The number of hydrogen-bond donors (Lipinski definition) is 2. The first-order valence-corrected chi connectivity index (χ1v) is 7.03. The molecule has 0 atom stereocenters. The van der Waals surface area contributed by atoms with E-state index in [-0.39, 0.29) is 0 Å². The molecule has 1 fully saturated rings. The Hall–Kier alpha value is -2.11. The minimum Gasteiger partial charge on any atom is -0.370 e. The molecule has 106 valence electrons. The van der Waals surface area contributed by atoms with Gasteiger partial charge in [0, 0.05) is 19.3 Å². The molecular weight excluding hydrogens is 254 g/mol. The molecule has 2 aromatic heterocycles. The molecular formula is C14H19N5O. The van der Waals surface area contributed by atoms with Gasteiger partial charge in [0.05, 0.1) is 22.8 Å². The summed E-state index contributed by atoms with van der Waals surface area (Å²) in [6.07, 6.45) is 9.32. The molecule has 0 aliphatic heterocycles. The summed E-state index contributed by atoms with van der Waals surface area (Å²) in [5.41, 5.74) is 7.51. The van der Waals surface area contributed by atoms with Crippen LogP contribution in [0.2, 0.25) is 0 Å². The molecule has 0 unspecified atom stereocenters. The average molecular weight is 273 g/mol. The number of aromatic amines is 1. The Morgan fingerprint density at radius 2 is 2.10 bits per heavy atom. The van der Waals surface area contributed by atoms with Crippen molar-refractivity contribution < 1.29 is 4.79 Å². The third-order valence-electron chi connectivity index (χ3n) is 4.19. The van der Waals surface area contributed by atoms with Gasteiger partial charge < -0.3 is 10.6 Å². The van der Waals surface area contributed by atoms with Crippen LogP contribution in [0.25, 0.3) is 11.0 Å². The fourth-order valence-electron chi connectivity index (χ4n) is 3.10. The van der Waals surface area contributed by atoms with Gasteiger partial charge in [-0.3, -0.25) is 9.89 Å². The van der Waals surface area contributed by atoms with Gasteiger partial charge in [-0.1, -0.05) is 19.3 Å². The van der Waals surface area contributed by atoms with E-state index < -0.39 is 5.91 Å². The summed E-state index contributed by atoms with van der Waals surface area (Å²) in [5.74, 6) is -0.446. The summed E-state index contributed by atoms with van der Waals surface area (Å²) in [5, 5.41) is 7.72. The monoisotopic (exact) mass is 273 g/mol. The lowest BCUT2D eigenvalue weighted by atomic mass is 9.93. The van der Waals surface area contributed by atoms with Crippen LogP contribution in [-0.4, -0.2) is 34.2 Å². The summed E-state index contributed by atoms with van der Waals surface area (Å²) in [7, 11) is 2.03. The number of fused-ring (bicyclic) bond motifs is 1. The van der Waals surface area contributed by atoms with Crippen molar-refractivity contribution >= 4 is 22.6 Å². The summed E-state index contributed by atoms with van der Waals surface area (Å²) >= 11 is 0. The third-order valence-corrected chi connectivity index (χ3v) is 4.19. The van der Waals surface area contributed by atoms with Gasteiger partial charge in [-0.25, -0.2) is 4.98 Å². The van der Waals surface area contributed by atoms with Gasteiger partial charge in [0.1, 0.15) is 0 Å². The maximum absolute atomic E-state index is 11.7. The van der Waals surface area contributed by atoms with Gasteiger partial charge in [0.25, 0.3) is 5.91 Å². The quantitative estimate of drug-likeness (QED) is 0.893. The molecule has 0 saturated heterocycles. The highest BCUT2D eigenvalue weighted by molar-refractivity contribution is 6.05. The minimum absolute atomic E-state index is 0.446. The molecule has 1 aliphatic rings. The number of hydrogen-bond acceptors (Lipinski definition) is 4. The van der Waals surface area contributed by atoms with Crippen LogP contribution in [-0.2, 0) is 0 Å². The molecule has 3 N–H and O–H groups in total. The second kappa shape index (κ2) is 5.11. The zero-order valence-corrected chi connectivity index (χ0v) is 11.6. The predicted octanol–water partition coefficient (Wildman–Crippen LogP) is 1.83. The average Bonchev–Trinajstić information content (AvgIpc) is 2.94. The van der Waals surface area contributed by atoms with Crippen LogP contribution >= 0.6 is 0 Å². The number of H-pyrrole nitrogens is 1. The molecule has 1 amide bonds. The molecule has 0 bridgehead atoms. The zero-order chi connectivity index (χ0) is 14.1. The Kier molecular flexibility index (Phi) is 3.30. The van der Waals surface area contributed by atoms with E-state index in [2.05, 4.69) is 20.1 Å². The standard InChI is InChI=1S/C14H19N5O/c1-19(9-5-3-2-4-6-9)12-10(13(15)20)7-16-14-11(12)8-17-18-14/h7-9H,2-6H2,1H3,(H2,15,20)(H,16,17,18). The molecule has 0 spiro atoms. The van der Waals surface area contributed by atoms with E-state index in [0.717, 1.165) is 23.9 Å². The maximum Gasteiger partial charge on any atom is 0.252 e. The van der Waals surface area contributed by atoms with E-state index in [9.17, 15) is 4.79 Å². The van der Waals surface area contributed by atoms with Crippen molar-refractivity contribution in [2.75, 3.05) is 11.9 Å². The maximum atomic E-state index is 11.7. The van der Waals surface area contributed by atoms with Gasteiger partial charge in [-0.2, -0.15) is 5.10 Å². The van der Waals surface area contributed by atoms with E-state index in [1.54, 1.807) is 6.20 Å². The Morgan fingerprint density at radius 3 is 2.80 bits per heavy atom. The molecule has 6 nitrogen and oxygen atoms in total. The highest BCUT2D eigenvalue weighted by Crippen LogP contribution is 2.32. The Bertz CT molecular complexity index is 630. The Morgan fingerprint density at radius 1 is 1.35 bits per heavy atom. The van der Waals surface area contributed by atoms with Crippen LogP contribution in [0.1, 0.15) is 42.5 Å². The number of carbonyl (C=O) groups is 1. The van der Waals surface area contributed by atoms with Crippen molar-refractivity contribution in [1.82, 2.24) is 15.2 Å². The number of rotatable bonds is 3. The predicted molar refractivity (Wildman–Crippen MR) is 77.7 cm³/mol. The van der Waals surface area contributed by atoms with Crippen LogP contribution in [0.15, 0.2) is 12.4 Å². The summed E-state index contributed by atoms with van der Waals surface area (Å²) in [6, 6.07) is 0.447. The lowest BCUT2D eigenvalue weighted by Crippen LogP contribution is -2.35. The summed E-state index contributed by atoms with van der Waals surface area (Å²) in [4.78, 5) is 18.1. The number of nitrogens with zero attached hydrogens (tertiary/aromatic N) is 3. The van der Waals surface area contributed by atoms with Crippen molar-refractivity contribution in [2.24, 2.45) is 5.73 Å². The van der Waals surface area contributed by atoms with Crippen LogP contribution in [0, 0.1) is 0 Å². The summed E-state index contributed by atoms with van der Waals surface area (Å²) < 4.78 is 0. The molecule has 1 saturated carbocycles. The Labute approximate surface area is 117 Å². The number of nitrogens with one attached hydrogen (secondary N) is 1. The molecule has 6 heteroatoms. The SMILES string of the molecule is CN(c1c(C(N)=O)cnc2[nH]ncc12)C1CCCCC1. The fourth-order valence-corrected chi connectivity index (χ4v) is 3.10. The molecule has 2 heterocycles. The number of nitrogens with two attached hydrogens (primary N) is 1. The second-order valence-electron chi connectivity index (χ2n) is 5.42. The topological polar surface area (TPSA) is 87.9 Å². The largest absolute Gasteiger partial charge is 0.370 e. The first kappa shape index (κ1) is 12.9. The molecule has 0 aromatic carbocycles. The normalized spacial score (nSPS) is 16.4. The first-order valence-electron chi connectivity index (χ1n) is 7.03. The number of anilines is 1. The molecule has 1 aliphatic carbocycles. The zero-order valence-electron chi connectivity index (χ0n) is 11.6. The van der Waals surface area contributed by atoms with Crippen molar-refractivity contribution in [2.45, 2.75) is 38.1 Å². The molecule has 20 heavy (non-hydrogen) atoms. The lowest BCUT2D eigenvalue weighted by Gasteiger charge is -2.34. The van der Waals surface area contributed by atoms with Gasteiger partial charge in [-0.15, -0.1) is 0 Å². The van der Waals surface area contributed by atoms with Crippen LogP contribution < -0.4 is 10.6 Å². The fraction of sp³-hybridized carbons (Fsp3) is 0.500. The lowest BCUT2D eigenvalue weighted by molar-refractivity contribution is 0.100. The van der Waals surface area contributed by atoms with E-state index in [1.807, 2.05) is 7.05 Å². The first-order chi connectivity index (χ1) is 9.68. The van der Waals surface area contributed by atoms with E-state index in [1.165, 1.54) is 25.5 Å². The van der Waals surface area contributed by atoms with Gasteiger partial charge in [-0.05, 0) is 12.8 Å². The van der Waals surface area contributed by atoms with Crippen LogP contribution in [0.4, 0.5) is 5.69 Å². The number of pyridine rings is 1. The van der Waals surface area contributed by atoms with Crippen LogP contribution in [0.3, 0.4) is 0 Å². The van der Waals surface area contributed by atoms with E-state index >= 15 is 0 Å². The number of carbonyl (C=O) groups excluding carboxylic acids is 1. The molecule has 0 radical (unpaired) electrons. The highest BCUT2D eigenvalue weighted by atomic mass is 16.1. The van der Waals surface area contributed by atoms with Gasteiger partial charge in [0.2, 0.25) is 0 Å². The number of primary amides is 1. The smallest absolute Gasteiger partial charge is 0.252 e. The van der Waals surface area contributed by atoms with Crippen molar-refractivity contribution in [1.29, 1.82) is 0 Å². The third kappa shape index (κ3) is 2.11. The minimum atomic E-state index is -0.446. The van der Waals surface area contributed by atoms with Crippen molar-refractivity contribution in [3.05, 3.63) is 18.0 Å². The van der Waals surface area contributed by atoms with Crippen LogP contribution in [0.5, 0.6) is 0 Å². The van der Waals surface area contributed by atoms with Crippen molar-refractivity contribution in [3.8, 4) is 0 Å². The van der Waals surface area contributed by atoms with E-state index in [0.29, 0.717) is 17.3 Å². The highest BCUT2D eigenvalue weighted by Gasteiger charge is 2.24. The van der Waals surface area contributed by atoms with Crippen molar-refractivity contribution in [3.63, 3.8) is 0 Å². The second-order valence-corrected chi connectivity index (χ2v) is 5.42. The Balaban J connectivity index is 2.09. The summed E-state index contributed by atoms with van der Waals surface area (Å²) in [6.45, 7) is 0. The number of aromatic nitrogens is 3. The van der Waals surface area contributed by atoms with E-state index in [4.69, 9.17) is 5.73 Å². The number of amides is 1.